The maximum absolute atomic E-state index is 15.6. The van der Waals surface area contributed by atoms with Gasteiger partial charge in [-0.05, 0) is 39.3 Å². The van der Waals surface area contributed by atoms with Crippen LogP contribution in [0.4, 0.5) is 34.3 Å². The van der Waals surface area contributed by atoms with Crippen LogP contribution >= 0.6 is 11.3 Å². The minimum Gasteiger partial charge on any atom is -0.481 e. The van der Waals surface area contributed by atoms with Crippen LogP contribution in [0.2, 0.25) is 0 Å². The molecular formula is C27H32F4N8O2S. The summed E-state index contributed by atoms with van der Waals surface area (Å²) in [5, 5.41) is 12.1. The third-order valence-corrected chi connectivity index (χ3v) is 8.67. The molecule has 1 atom stereocenters. The summed E-state index contributed by atoms with van der Waals surface area (Å²) in [6.07, 6.45) is 0.189. The van der Waals surface area contributed by atoms with E-state index in [-0.39, 0.29) is 29.3 Å². The van der Waals surface area contributed by atoms with Gasteiger partial charge in [-0.25, -0.2) is 15.0 Å². The number of pyridine rings is 1. The summed E-state index contributed by atoms with van der Waals surface area (Å²) in [7, 11) is 0. The lowest BCUT2D eigenvalue weighted by atomic mass is 10.1. The van der Waals surface area contributed by atoms with Crippen molar-refractivity contribution >= 4 is 34.1 Å². The smallest absolute Gasteiger partial charge is 0.418 e. The van der Waals surface area contributed by atoms with Gasteiger partial charge in [-0.15, -0.1) is 0 Å². The van der Waals surface area contributed by atoms with E-state index < -0.39 is 23.5 Å². The second-order valence-electron chi connectivity index (χ2n) is 10.6. The lowest BCUT2D eigenvalue weighted by molar-refractivity contribution is -0.138. The minimum absolute atomic E-state index is 0.0422. The number of aryl methyl sites for hydroxylation is 1. The summed E-state index contributed by atoms with van der Waals surface area (Å²) in [4.78, 5) is 34.5. The van der Waals surface area contributed by atoms with Crippen molar-refractivity contribution < 1.29 is 27.5 Å². The lowest BCUT2D eigenvalue weighted by Gasteiger charge is -2.35. The van der Waals surface area contributed by atoms with Crippen LogP contribution in [0.3, 0.4) is 0 Å². The highest BCUT2D eigenvalue weighted by atomic mass is 32.1. The van der Waals surface area contributed by atoms with Crippen LogP contribution in [-0.4, -0.2) is 86.1 Å². The van der Waals surface area contributed by atoms with E-state index in [4.69, 9.17) is 5.11 Å². The molecule has 2 aliphatic heterocycles. The van der Waals surface area contributed by atoms with Crippen LogP contribution in [0.25, 0.3) is 11.3 Å². The van der Waals surface area contributed by atoms with Gasteiger partial charge >= 0.3 is 12.1 Å². The van der Waals surface area contributed by atoms with Gasteiger partial charge in [0.15, 0.2) is 16.8 Å². The molecule has 0 bridgehead atoms. The second kappa shape index (κ2) is 12.4. The van der Waals surface area contributed by atoms with Gasteiger partial charge in [-0.1, -0.05) is 11.3 Å². The Hall–Kier alpha value is -3.43. The van der Waals surface area contributed by atoms with Gasteiger partial charge in [-0.2, -0.15) is 17.6 Å². The fourth-order valence-corrected chi connectivity index (χ4v) is 6.31. The van der Waals surface area contributed by atoms with E-state index in [2.05, 4.69) is 37.1 Å². The second-order valence-corrected chi connectivity index (χ2v) is 11.6. The van der Waals surface area contributed by atoms with Crippen LogP contribution in [-0.2, 0) is 17.5 Å². The Morgan fingerprint density at radius 2 is 1.93 bits per heavy atom. The third-order valence-electron chi connectivity index (χ3n) is 7.71. The Morgan fingerprint density at radius 3 is 2.60 bits per heavy atom. The molecule has 226 valence electrons. The molecule has 0 spiro atoms. The Kier molecular flexibility index (Phi) is 8.89. The summed E-state index contributed by atoms with van der Waals surface area (Å²) >= 11 is 1.25. The van der Waals surface area contributed by atoms with Gasteiger partial charge in [0.05, 0.1) is 17.7 Å². The molecule has 0 radical (unpaired) electrons. The molecule has 2 saturated heterocycles. The first kappa shape index (κ1) is 30.0. The lowest BCUT2D eigenvalue weighted by Crippen LogP contribution is -2.47. The Bertz CT molecular complexity index is 1430. The number of alkyl halides is 3. The van der Waals surface area contributed by atoms with Crippen LogP contribution in [0.5, 0.6) is 0 Å². The van der Waals surface area contributed by atoms with Gasteiger partial charge in [0.25, 0.3) is 0 Å². The van der Waals surface area contributed by atoms with E-state index in [1.165, 1.54) is 30.8 Å². The van der Waals surface area contributed by atoms with E-state index in [0.717, 1.165) is 30.3 Å². The van der Waals surface area contributed by atoms with Gasteiger partial charge in [0.1, 0.15) is 6.33 Å². The molecule has 5 heterocycles. The zero-order chi connectivity index (χ0) is 30.0. The maximum Gasteiger partial charge on any atom is 0.418 e. The van der Waals surface area contributed by atoms with Crippen molar-refractivity contribution in [1.82, 2.24) is 29.7 Å². The molecule has 15 heteroatoms. The topological polar surface area (TPSA) is 111 Å². The standard InChI is InChI=1S/C27H32F4N8O2S/c1-16-4-3-6-39(16)14-20-23(18-12-19(27(29,30)31)17(2)32-13-18)35-26(42-20)36-24-22(28)25(34-15-33-24)38-10-8-37(9-11-38)7-5-21(40)41/h12-13,15-16H,3-11,14H2,1-2H3,(H,40,41)(H,33,34,35,36)/t16-/m1/s1. The number of hydrogen-bond donors (Lipinski definition) is 2. The maximum atomic E-state index is 15.6. The van der Waals surface area contributed by atoms with Gasteiger partial charge in [-0.3, -0.25) is 19.6 Å². The number of carboxylic acid groups (broad SMARTS) is 1. The number of thiazole rings is 1. The quantitative estimate of drug-likeness (QED) is 0.329. The zero-order valence-corrected chi connectivity index (χ0v) is 24.1. The van der Waals surface area contributed by atoms with Gasteiger partial charge in [0.2, 0.25) is 5.82 Å². The molecule has 0 amide bonds. The predicted molar refractivity (Wildman–Crippen MR) is 150 cm³/mol. The number of halogens is 4. The Labute approximate surface area is 244 Å². The Balaban J connectivity index is 1.40. The number of anilines is 3. The van der Waals surface area contributed by atoms with Crippen molar-refractivity contribution in [2.75, 3.05) is 49.5 Å². The normalized spacial score (nSPS) is 18.5. The number of nitrogens with zero attached hydrogens (tertiary/aromatic N) is 7. The molecule has 2 N–H and O–H groups in total. The first-order valence-electron chi connectivity index (χ1n) is 13.7. The number of aliphatic carboxylic acids is 1. The molecule has 5 rings (SSSR count). The van der Waals surface area contributed by atoms with Crippen molar-refractivity contribution in [2.24, 2.45) is 0 Å². The van der Waals surface area contributed by atoms with E-state index in [9.17, 15) is 18.0 Å². The number of nitrogens with one attached hydrogen (secondary N) is 1. The van der Waals surface area contributed by atoms with E-state index in [1.807, 2.05) is 4.90 Å². The van der Waals surface area contributed by atoms with Gasteiger partial charge < -0.3 is 15.3 Å². The Morgan fingerprint density at radius 1 is 1.17 bits per heavy atom. The minimum atomic E-state index is -4.56. The SMILES string of the molecule is Cc1ncc(-c2nc(Nc3ncnc(N4CCN(CCC(=O)O)CC4)c3F)sc2CN2CCC[C@H]2C)cc1C(F)(F)F. The summed E-state index contributed by atoms with van der Waals surface area (Å²) in [5.74, 6) is -1.50. The van der Waals surface area contributed by atoms with Crippen molar-refractivity contribution in [2.45, 2.75) is 51.9 Å². The van der Waals surface area contributed by atoms with Crippen LogP contribution < -0.4 is 10.2 Å². The van der Waals surface area contributed by atoms with Crippen molar-refractivity contribution in [3.63, 3.8) is 0 Å². The number of piperazine rings is 1. The first-order valence-corrected chi connectivity index (χ1v) is 14.6. The zero-order valence-electron chi connectivity index (χ0n) is 23.3. The van der Waals surface area contributed by atoms with Crippen molar-refractivity contribution in [1.29, 1.82) is 0 Å². The molecule has 2 fully saturated rings. The highest BCUT2D eigenvalue weighted by molar-refractivity contribution is 7.16. The van der Waals surface area contributed by atoms with Crippen LogP contribution in [0.1, 0.15) is 42.3 Å². The summed E-state index contributed by atoms with van der Waals surface area (Å²) in [5.41, 5.74) is -0.333. The van der Waals surface area contributed by atoms with E-state index in [0.29, 0.717) is 56.1 Å². The molecule has 0 saturated carbocycles. The van der Waals surface area contributed by atoms with Crippen LogP contribution in [0.15, 0.2) is 18.6 Å². The first-order chi connectivity index (χ1) is 20.0. The van der Waals surface area contributed by atoms with E-state index in [1.54, 1.807) is 4.90 Å². The monoisotopic (exact) mass is 608 g/mol. The number of hydrogen-bond acceptors (Lipinski definition) is 10. The number of carbonyl (C=O) groups is 1. The predicted octanol–water partition coefficient (Wildman–Crippen LogP) is 4.79. The van der Waals surface area contributed by atoms with Crippen molar-refractivity contribution in [3.05, 3.63) is 40.5 Å². The highest BCUT2D eigenvalue weighted by Gasteiger charge is 2.34. The van der Waals surface area contributed by atoms with Gasteiger partial charge in [0, 0.05) is 67.6 Å². The summed E-state index contributed by atoms with van der Waals surface area (Å²) in [6.45, 7) is 7.29. The molecule has 0 aliphatic carbocycles. The number of aromatic nitrogens is 4. The summed E-state index contributed by atoms with van der Waals surface area (Å²) in [6, 6.07) is 1.39. The summed E-state index contributed by atoms with van der Waals surface area (Å²) < 4.78 is 56.7. The number of rotatable bonds is 9. The molecular weight excluding hydrogens is 576 g/mol. The molecule has 3 aromatic heterocycles. The fourth-order valence-electron chi connectivity index (χ4n) is 5.31. The molecule has 0 aromatic carbocycles. The van der Waals surface area contributed by atoms with Crippen molar-refractivity contribution in [3.8, 4) is 11.3 Å². The molecule has 0 unspecified atom stereocenters. The molecule has 3 aromatic rings. The average molecular weight is 609 g/mol. The molecule has 42 heavy (non-hydrogen) atoms. The number of carboxylic acids is 1. The molecule has 10 nitrogen and oxygen atoms in total. The third kappa shape index (κ3) is 6.79. The van der Waals surface area contributed by atoms with Crippen LogP contribution in [0, 0.1) is 12.7 Å². The van der Waals surface area contributed by atoms with E-state index >= 15 is 4.39 Å². The molecule has 2 aliphatic rings. The largest absolute Gasteiger partial charge is 0.481 e. The fraction of sp³-hybridized carbons (Fsp3) is 0.519. The average Bonchev–Trinajstić information content (AvgIpc) is 3.54. The number of likely N-dealkylation sites (tertiary alicyclic amines) is 1. The highest BCUT2D eigenvalue weighted by Crippen LogP contribution is 2.38.